The highest BCUT2D eigenvalue weighted by Gasteiger charge is 2.21. The Morgan fingerprint density at radius 2 is 1.96 bits per heavy atom. The van der Waals surface area contributed by atoms with Crippen molar-refractivity contribution in [3.05, 3.63) is 47.8 Å². The number of carbonyl (C=O) groups is 2. The van der Waals surface area contributed by atoms with Crippen LogP contribution in [0.15, 0.2) is 39.6 Å². The largest absolute Gasteiger partial charge is 0.469 e. The zero-order valence-electron chi connectivity index (χ0n) is 16.5. The number of aryl methyl sites for hydroxylation is 1. The summed E-state index contributed by atoms with van der Waals surface area (Å²) in [6, 6.07) is 5.27. The Labute approximate surface area is 165 Å². The van der Waals surface area contributed by atoms with E-state index in [1.54, 1.807) is 35.1 Å². The number of rotatable bonds is 9. The molecule has 1 aliphatic rings. The van der Waals surface area contributed by atoms with Crippen molar-refractivity contribution in [3.8, 4) is 0 Å². The van der Waals surface area contributed by atoms with Gasteiger partial charge in [0.25, 0.3) is 5.91 Å². The molecule has 28 heavy (non-hydrogen) atoms. The van der Waals surface area contributed by atoms with Crippen LogP contribution in [0.25, 0.3) is 0 Å². The van der Waals surface area contributed by atoms with Crippen molar-refractivity contribution in [2.24, 2.45) is 0 Å². The van der Waals surface area contributed by atoms with Gasteiger partial charge in [0, 0.05) is 13.0 Å². The van der Waals surface area contributed by atoms with Crippen LogP contribution < -0.4 is 10.2 Å². The minimum atomic E-state index is -0.159. The molecule has 1 aliphatic heterocycles. The highest BCUT2D eigenvalue weighted by molar-refractivity contribution is 5.95. The molecule has 3 heterocycles. The van der Waals surface area contributed by atoms with E-state index in [-0.39, 0.29) is 18.2 Å². The first-order valence-electron chi connectivity index (χ1n) is 10.1. The summed E-state index contributed by atoms with van der Waals surface area (Å²) in [7, 11) is 0. The van der Waals surface area contributed by atoms with Gasteiger partial charge in [-0.25, -0.2) is 0 Å². The predicted octanol–water partition coefficient (Wildman–Crippen LogP) is 1.40. The molecule has 0 aliphatic carbocycles. The molecule has 7 nitrogen and oxygen atoms in total. The molecule has 0 radical (unpaired) electrons. The topological polar surface area (TPSA) is 80.1 Å². The molecule has 0 unspecified atom stereocenters. The third-order valence-electron chi connectivity index (χ3n) is 5.27. The highest BCUT2D eigenvalue weighted by Crippen LogP contribution is 2.15. The fraction of sp³-hybridized carbons (Fsp3) is 0.524. The van der Waals surface area contributed by atoms with Gasteiger partial charge in [-0.1, -0.05) is 0 Å². The van der Waals surface area contributed by atoms with E-state index in [1.807, 2.05) is 6.07 Å². The number of amides is 2. The Bertz CT molecular complexity index is 748. The predicted molar refractivity (Wildman–Crippen MR) is 104 cm³/mol. The standard InChI is InChI=1S/C21H29N3O4/c1-17-19(8-15-27-17)21(26)24(16-18-6-5-14-28-18)12-7-20(25)22-9-13-23-10-3-2-4-11-23/h5-6,8,14-15H,2-4,7,9-13,16H2,1H3,(H,22,25)/p+1. The van der Waals surface area contributed by atoms with Gasteiger partial charge in [0.05, 0.1) is 50.8 Å². The van der Waals surface area contributed by atoms with Gasteiger partial charge in [0.1, 0.15) is 11.5 Å². The van der Waals surface area contributed by atoms with Crippen molar-refractivity contribution >= 4 is 11.8 Å². The lowest BCUT2D eigenvalue weighted by Crippen LogP contribution is -3.13. The molecule has 1 fully saturated rings. The Balaban J connectivity index is 1.50. The second kappa shape index (κ2) is 10.1. The van der Waals surface area contributed by atoms with Crippen molar-refractivity contribution < 1.29 is 23.3 Å². The molecule has 0 bridgehead atoms. The van der Waals surface area contributed by atoms with Crippen LogP contribution in [0.1, 0.15) is 47.6 Å². The van der Waals surface area contributed by atoms with Gasteiger partial charge in [-0.05, 0) is 44.4 Å². The number of hydrogen-bond donors (Lipinski definition) is 2. The molecule has 3 rings (SSSR count). The monoisotopic (exact) mass is 388 g/mol. The molecule has 2 aromatic heterocycles. The molecule has 2 N–H and O–H groups in total. The normalized spacial score (nSPS) is 14.8. The molecular formula is C21H30N3O4+. The van der Waals surface area contributed by atoms with Gasteiger partial charge in [-0.2, -0.15) is 0 Å². The smallest absolute Gasteiger partial charge is 0.257 e. The van der Waals surface area contributed by atoms with Crippen LogP contribution in [0.4, 0.5) is 0 Å². The minimum Gasteiger partial charge on any atom is -0.469 e. The summed E-state index contributed by atoms with van der Waals surface area (Å²) in [6.45, 7) is 6.45. The van der Waals surface area contributed by atoms with Crippen molar-refractivity contribution in [3.63, 3.8) is 0 Å². The number of nitrogens with zero attached hydrogens (tertiary/aromatic N) is 1. The van der Waals surface area contributed by atoms with Crippen LogP contribution in [0, 0.1) is 6.92 Å². The van der Waals surface area contributed by atoms with Gasteiger partial charge in [0.2, 0.25) is 5.91 Å². The molecule has 2 amide bonds. The first kappa shape index (κ1) is 20.2. The summed E-state index contributed by atoms with van der Waals surface area (Å²) in [5.74, 6) is 1.07. The van der Waals surface area contributed by atoms with E-state index in [4.69, 9.17) is 8.83 Å². The molecule has 2 aromatic rings. The quantitative estimate of drug-likeness (QED) is 0.681. The number of furan rings is 2. The highest BCUT2D eigenvalue weighted by atomic mass is 16.3. The molecule has 0 atom stereocenters. The number of hydrogen-bond acceptors (Lipinski definition) is 4. The summed E-state index contributed by atoms with van der Waals surface area (Å²) in [5.41, 5.74) is 0.515. The van der Waals surface area contributed by atoms with E-state index in [2.05, 4.69) is 5.32 Å². The van der Waals surface area contributed by atoms with Gasteiger partial charge in [-0.15, -0.1) is 0 Å². The molecule has 152 valence electrons. The summed E-state index contributed by atoms with van der Waals surface area (Å²) in [5, 5.41) is 2.99. The molecule has 7 heteroatoms. The maximum Gasteiger partial charge on any atom is 0.257 e. The maximum absolute atomic E-state index is 12.9. The molecule has 0 aromatic carbocycles. The van der Waals surface area contributed by atoms with Crippen LogP contribution in [-0.2, 0) is 11.3 Å². The minimum absolute atomic E-state index is 0.0300. The second-order valence-electron chi connectivity index (χ2n) is 7.36. The summed E-state index contributed by atoms with van der Waals surface area (Å²) < 4.78 is 10.6. The van der Waals surface area contributed by atoms with E-state index in [0.717, 1.165) is 6.54 Å². The van der Waals surface area contributed by atoms with Crippen molar-refractivity contribution in [1.82, 2.24) is 10.2 Å². The van der Waals surface area contributed by atoms with Gasteiger partial charge >= 0.3 is 0 Å². The second-order valence-corrected chi connectivity index (χ2v) is 7.36. The number of nitrogens with one attached hydrogen (secondary N) is 2. The third kappa shape index (κ3) is 5.73. The Kier molecular flexibility index (Phi) is 7.31. The molecule has 1 saturated heterocycles. The average Bonchev–Trinajstić information content (AvgIpc) is 3.37. The molecule has 0 spiro atoms. The van der Waals surface area contributed by atoms with Crippen LogP contribution in [-0.4, -0.2) is 49.4 Å². The van der Waals surface area contributed by atoms with E-state index in [9.17, 15) is 9.59 Å². The number of likely N-dealkylation sites (tertiary alicyclic amines) is 1. The van der Waals surface area contributed by atoms with Crippen molar-refractivity contribution in [1.29, 1.82) is 0 Å². The van der Waals surface area contributed by atoms with Crippen LogP contribution in [0.2, 0.25) is 0 Å². The van der Waals surface area contributed by atoms with Crippen LogP contribution in [0.5, 0.6) is 0 Å². The maximum atomic E-state index is 12.9. The lowest BCUT2D eigenvalue weighted by atomic mass is 10.1. The Morgan fingerprint density at radius 3 is 2.64 bits per heavy atom. The van der Waals surface area contributed by atoms with E-state index >= 15 is 0 Å². The van der Waals surface area contributed by atoms with Crippen molar-refractivity contribution in [2.75, 3.05) is 32.7 Å². The number of quaternary nitrogens is 1. The van der Waals surface area contributed by atoms with Crippen molar-refractivity contribution in [2.45, 2.75) is 39.2 Å². The first-order chi connectivity index (χ1) is 13.6. The zero-order chi connectivity index (χ0) is 19.8. The van der Waals surface area contributed by atoms with Gasteiger partial charge in [-0.3, -0.25) is 9.59 Å². The first-order valence-corrected chi connectivity index (χ1v) is 10.1. The SMILES string of the molecule is Cc1occc1C(=O)N(CCC(=O)NCC[NH+]1CCCCC1)Cc1ccco1. The number of piperidine rings is 1. The van der Waals surface area contributed by atoms with E-state index < -0.39 is 0 Å². The fourth-order valence-electron chi connectivity index (χ4n) is 3.63. The molecule has 0 saturated carbocycles. The van der Waals surface area contributed by atoms with E-state index in [1.165, 1.54) is 38.6 Å². The zero-order valence-corrected chi connectivity index (χ0v) is 16.5. The Morgan fingerprint density at radius 1 is 1.14 bits per heavy atom. The lowest BCUT2D eigenvalue weighted by molar-refractivity contribution is -0.903. The summed E-state index contributed by atoms with van der Waals surface area (Å²) in [4.78, 5) is 28.3. The summed E-state index contributed by atoms with van der Waals surface area (Å²) >= 11 is 0. The summed E-state index contributed by atoms with van der Waals surface area (Å²) in [6.07, 6.45) is 7.23. The fourth-order valence-corrected chi connectivity index (χ4v) is 3.63. The van der Waals surface area contributed by atoms with Gasteiger partial charge < -0.3 is 24.0 Å². The van der Waals surface area contributed by atoms with Gasteiger partial charge in [0.15, 0.2) is 0 Å². The molecular weight excluding hydrogens is 358 g/mol. The van der Waals surface area contributed by atoms with Crippen LogP contribution in [0.3, 0.4) is 0 Å². The Hall–Kier alpha value is -2.54. The number of carbonyl (C=O) groups excluding carboxylic acids is 2. The van der Waals surface area contributed by atoms with E-state index in [0.29, 0.717) is 36.7 Å². The average molecular weight is 388 g/mol. The van der Waals surface area contributed by atoms with Crippen LogP contribution >= 0.6 is 0 Å². The lowest BCUT2D eigenvalue weighted by Gasteiger charge is -2.24. The third-order valence-corrected chi connectivity index (χ3v) is 5.27.